The van der Waals surface area contributed by atoms with Crippen molar-refractivity contribution in [3.8, 4) is 0 Å². The van der Waals surface area contributed by atoms with Crippen LogP contribution in [-0.2, 0) is 15.1 Å². The summed E-state index contributed by atoms with van der Waals surface area (Å²) in [6.45, 7) is 1.28. The van der Waals surface area contributed by atoms with Crippen LogP contribution in [0.3, 0.4) is 0 Å². The van der Waals surface area contributed by atoms with E-state index in [-0.39, 0.29) is 12.6 Å². The van der Waals surface area contributed by atoms with Crippen LogP contribution >= 0.6 is 27.3 Å². The first-order chi connectivity index (χ1) is 14.9. The molecular formula is C23H20BrN3O3S. The van der Waals surface area contributed by atoms with Gasteiger partial charge in [-0.1, -0.05) is 70.5 Å². The Bertz CT molecular complexity index is 1120. The number of carbonyl (C=O) groups is 3. The summed E-state index contributed by atoms with van der Waals surface area (Å²) in [4.78, 5) is 40.6. The lowest BCUT2D eigenvalue weighted by molar-refractivity contribution is -0.135. The maximum Gasteiger partial charge on any atom is 0.325 e. The van der Waals surface area contributed by atoms with Crippen molar-refractivity contribution >= 4 is 45.1 Å². The molecule has 2 heterocycles. The second-order valence-corrected chi connectivity index (χ2v) is 9.19. The SMILES string of the molecule is CC1(c2ccccc2Br)NC(=O)N(CC(=O)NC(c2ccccc2)c2cccs2)C1=O. The molecule has 1 aliphatic heterocycles. The summed E-state index contributed by atoms with van der Waals surface area (Å²) in [5.41, 5.74) is 0.315. The van der Waals surface area contributed by atoms with E-state index < -0.39 is 23.4 Å². The summed E-state index contributed by atoms with van der Waals surface area (Å²) < 4.78 is 0.708. The Labute approximate surface area is 192 Å². The minimum Gasteiger partial charge on any atom is -0.343 e. The van der Waals surface area contributed by atoms with Crippen molar-refractivity contribution in [1.29, 1.82) is 0 Å². The third-order valence-electron chi connectivity index (χ3n) is 5.26. The average molecular weight is 498 g/mol. The first kappa shape index (κ1) is 21.3. The minimum absolute atomic E-state index is 0.357. The first-order valence-electron chi connectivity index (χ1n) is 9.67. The fraction of sp³-hybridized carbons (Fsp3) is 0.174. The van der Waals surface area contributed by atoms with Crippen LogP contribution in [0, 0.1) is 0 Å². The van der Waals surface area contributed by atoms with Gasteiger partial charge in [-0.05, 0) is 30.0 Å². The lowest BCUT2D eigenvalue weighted by Gasteiger charge is -2.24. The summed E-state index contributed by atoms with van der Waals surface area (Å²) in [6.07, 6.45) is 0. The maximum absolute atomic E-state index is 13.2. The molecule has 2 aromatic carbocycles. The molecule has 0 saturated carbocycles. The van der Waals surface area contributed by atoms with Crippen LogP contribution in [0.4, 0.5) is 4.79 Å². The summed E-state index contributed by atoms with van der Waals surface area (Å²) in [7, 11) is 0. The monoisotopic (exact) mass is 497 g/mol. The standard InChI is InChI=1S/C23H20BrN3O3S/c1-23(16-10-5-6-11-17(16)24)21(29)27(22(30)26-23)14-19(28)25-20(18-12-7-13-31-18)15-8-3-2-4-9-15/h2-13,20H,14H2,1H3,(H,25,28)(H,26,30). The zero-order chi connectivity index (χ0) is 22.0. The van der Waals surface area contributed by atoms with Crippen LogP contribution in [0.2, 0.25) is 0 Å². The van der Waals surface area contributed by atoms with Crippen molar-refractivity contribution in [3.05, 3.63) is 92.6 Å². The number of nitrogens with zero attached hydrogens (tertiary/aromatic N) is 1. The molecule has 2 N–H and O–H groups in total. The van der Waals surface area contributed by atoms with Crippen LogP contribution in [0.1, 0.15) is 29.0 Å². The van der Waals surface area contributed by atoms with Gasteiger partial charge in [-0.3, -0.25) is 14.5 Å². The second-order valence-electron chi connectivity index (χ2n) is 7.35. The van der Waals surface area contributed by atoms with Crippen molar-refractivity contribution in [1.82, 2.24) is 15.5 Å². The van der Waals surface area contributed by atoms with Gasteiger partial charge in [-0.15, -0.1) is 11.3 Å². The average Bonchev–Trinajstić information content (AvgIpc) is 3.37. The first-order valence-corrected chi connectivity index (χ1v) is 11.3. The third-order valence-corrected chi connectivity index (χ3v) is 6.88. The summed E-state index contributed by atoms with van der Waals surface area (Å²) in [6, 6.07) is 19.7. The molecule has 4 amide bonds. The highest BCUT2D eigenvalue weighted by atomic mass is 79.9. The number of nitrogens with one attached hydrogen (secondary N) is 2. The number of hydrogen-bond donors (Lipinski definition) is 2. The molecule has 1 saturated heterocycles. The van der Waals surface area contributed by atoms with Gasteiger partial charge in [0.05, 0.1) is 6.04 Å². The lowest BCUT2D eigenvalue weighted by Crippen LogP contribution is -2.44. The highest BCUT2D eigenvalue weighted by Gasteiger charge is 2.50. The number of imide groups is 1. The molecule has 8 heteroatoms. The van der Waals surface area contributed by atoms with E-state index >= 15 is 0 Å². The molecule has 1 aliphatic rings. The predicted molar refractivity (Wildman–Crippen MR) is 122 cm³/mol. The molecule has 3 aromatic rings. The van der Waals surface area contributed by atoms with Gasteiger partial charge in [-0.2, -0.15) is 0 Å². The van der Waals surface area contributed by atoms with Gasteiger partial charge in [0.15, 0.2) is 0 Å². The van der Waals surface area contributed by atoms with Crippen molar-refractivity contribution in [2.45, 2.75) is 18.5 Å². The Morgan fingerprint density at radius 1 is 1.10 bits per heavy atom. The van der Waals surface area contributed by atoms with Crippen molar-refractivity contribution in [3.63, 3.8) is 0 Å². The van der Waals surface area contributed by atoms with Gasteiger partial charge >= 0.3 is 6.03 Å². The number of hydrogen-bond acceptors (Lipinski definition) is 4. The quantitative estimate of drug-likeness (QED) is 0.501. The molecule has 158 valence electrons. The fourth-order valence-corrected chi connectivity index (χ4v) is 5.14. The summed E-state index contributed by atoms with van der Waals surface area (Å²) >= 11 is 4.97. The van der Waals surface area contributed by atoms with Gasteiger partial charge in [0.2, 0.25) is 5.91 Å². The minimum atomic E-state index is -1.25. The smallest absolute Gasteiger partial charge is 0.325 e. The number of amides is 4. The highest BCUT2D eigenvalue weighted by molar-refractivity contribution is 9.10. The maximum atomic E-state index is 13.2. The molecule has 1 fully saturated rings. The molecule has 2 unspecified atom stereocenters. The van der Waals surface area contributed by atoms with E-state index in [9.17, 15) is 14.4 Å². The lowest BCUT2D eigenvalue weighted by atomic mass is 9.92. The van der Waals surface area contributed by atoms with E-state index in [1.54, 1.807) is 25.1 Å². The predicted octanol–water partition coefficient (Wildman–Crippen LogP) is 4.18. The normalized spacial score (nSPS) is 19.2. The fourth-order valence-electron chi connectivity index (χ4n) is 3.66. The topological polar surface area (TPSA) is 78.5 Å². The largest absolute Gasteiger partial charge is 0.343 e. The van der Waals surface area contributed by atoms with Crippen LogP contribution in [0.15, 0.2) is 76.6 Å². The second kappa shape index (κ2) is 8.64. The van der Waals surface area contributed by atoms with E-state index in [0.29, 0.717) is 10.0 Å². The molecule has 4 rings (SSSR count). The Kier molecular flexibility index (Phi) is 5.93. The number of halogens is 1. The third kappa shape index (κ3) is 4.13. The number of benzene rings is 2. The Balaban J connectivity index is 1.53. The Hall–Kier alpha value is -2.97. The molecule has 1 aromatic heterocycles. The van der Waals surface area contributed by atoms with Crippen molar-refractivity contribution in [2.24, 2.45) is 0 Å². The van der Waals surface area contributed by atoms with Gasteiger partial charge in [0, 0.05) is 14.9 Å². The van der Waals surface area contributed by atoms with E-state index in [1.165, 1.54) is 11.3 Å². The molecule has 0 radical (unpaired) electrons. The van der Waals surface area contributed by atoms with Gasteiger partial charge in [-0.25, -0.2) is 4.79 Å². The van der Waals surface area contributed by atoms with E-state index in [1.807, 2.05) is 53.9 Å². The number of rotatable bonds is 6. The van der Waals surface area contributed by atoms with Gasteiger partial charge in [0.25, 0.3) is 5.91 Å². The Morgan fingerprint density at radius 3 is 2.48 bits per heavy atom. The Morgan fingerprint density at radius 2 is 1.81 bits per heavy atom. The van der Waals surface area contributed by atoms with Gasteiger partial charge < -0.3 is 10.6 Å². The number of urea groups is 1. The number of carbonyl (C=O) groups excluding carboxylic acids is 3. The van der Waals surface area contributed by atoms with E-state index in [4.69, 9.17) is 0 Å². The molecule has 31 heavy (non-hydrogen) atoms. The van der Waals surface area contributed by atoms with Crippen molar-refractivity contribution in [2.75, 3.05) is 6.54 Å². The summed E-state index contributed by atoms with van der Waals surface area (Å²) in [5, 5.41) is 7.65. The van der Waals surface area contributed by atoms with Crippen LogP contribution in [0.25, 0.3) is 0 Å². The van der Waals surface area contributed by atoms with Crippen LogP contribution < -0.4 is 10.6 Å². The molecule has 0 bridgehead atoms. The molecule has 6 nitrogen and oxygen atoms in total. The molecular weight excluding hydrogens is 478 g/mol. The zero-order valence-electron chi connectivity index (χ0n) is 16.7. The highest BCUT2D eigenvalue weighted by Crippen LogP contribution is 2.33. The molecule has 2 atom stereocenters. The van der Waals surface area contributed by atoms with Crippen LogP contribution in [-0.4, -0.2) is 29.3 Å². The van der Waals surface area contributed by atoms with E-state index in [2.05, 4.69) is 26.6 Å². The zero-order valence-corrected chi connectivity index (χ0v) is 19.1. The van der Waals surface area contributed by atoms with E-state index in [0.717, 1.165) is 15.3 Å². The van der Waals surface area contributed by atoms with Crippen LogP contribution in [0.5, 0.6) is 0 Å². The molecule has 0 aliphatic carbocycles. The van der Waals surface area contributed by atoms with Crippen molar-refractivity contribution < 1.29 is 14.4 Å². The summed E-state index contributed by atoms with van der Waals surface area (Å²) in [5.74, 6) is -0.880. The molecule has 0 spiro atoms. The number of thiophene rings is 1. The van der Waals surface area contributed by atoms with Gasteiger partial charge in [0.1, 0.15) is 12.1 Å².